The second kappa shape index (κ2) is 7.79. The molecular weight excluding hydrogens is 434 g/mol. The predicted octanol–water partition coefficient (Wildman–Crippen LogP) is 4.87. The van der Waals surface area contributed by atoms with Crippen LogP contribution in [0.2, 0.25) is 0 Å². The third-order valence-electron chi connectivity index (χ3n) is 4.98. The van der Waals surface area contributed by atoms with Gasteiger partial charge in [0, 0.05) is 20.8 Å². The first-order valence-corrected chi connectivity index (χ1v) is 10.0. The van der Waals surface area contributed by atoms with Crippen molar-refractivity contribution < 1.29 is 19.0 Å². The summed E-state index contributed by atoms with van der Waals surface area (Å²) in [6, 6.07) is 17.5. The maximum Gasteiger partial charge on any atom is 0.340 e. The number of carbonyl (C=O) groups excluding carboxylic acids is 1. The van der Waals surface area contributed by atoms with Crippen molar-refractivity contribution in [1.29, 1.82) is 0 Å². The maximum atomic E-state index is 12.8. The molecule has 0 aromatic heterocycles. The lowest BCUT2D eigenvalue weighted by molar-refractivity contribution is -0.139. The molecule has 0 saturated carbocycles. The fraction of sp³-hybridized carbons (Fsp3) is 0.174. The normalized spacial score (nSPS) is 15.6. The van der Waals surface area contributed by atoms with E-state index in [1.54, 1.807) is 14.0 Å². The largest absolute Gasteiger partial charge is 0.496 e. The zero-order valence-corrected chi connectivity index (χ0v) is 17.7. The number of hydrogen-bond acceptors (Lipinski definition) is 5. The molecule has 0 fully saturated rings. The standard InChI is InChI=1S/C23H20BrNO4/c1-3-28-23(26)20-19(13-8-10-14(24)11-9-13)17-12-18(27-2)15-6-4-5-7-16(15)21(17)29-22(20)25/h4-12,19H,3,25H2,1-2H3/t19-/m1/s1. The van der Waals surface area contributed by atoms with E-state index in [9.17, 15) is 4.79 Å². The van der Waals surface area contributed by atoms with Crippen molar-refractivity contribution in [2.75, 3.05) is 13.7 Å². The number of benzene rings is 3. The average molecular weight is 454 g/mol. The van der Waals surface area contributed by atoms with Crippen molar-refractivity contribution in [2.24, 2.45) is 5.73 Å². The Kier molecular flexibility index (Phi) is 5.20. The van der Waals surface area contributed by atoms with Crippen LogP contribution in [0.1, 0.15) is 24.0 Å². The molecule has 5 nitrogen and oxygen atoms in total. The molecule has 2 N–H and O–H groups in total. The number of esters is 1. The lowest BCUT2D eigenvalue weighted by Crippen LogP contribution is -2.27. The van der Waals surface area contributed by atoms with Crippen LogP contribution in [0.3, 0.4) is 0 Å². The van der Waals surface area contributed by atoms with E-state index in [0.717, 1.165) is 26.4 Å². The summed E-state index contributed by atoms with van der Waals surface area (Å²) in [6.07, 6.45) is 0. The van der Waals surface area contributed by atoms with E-state index in [4.69, 9.17) is 19.9 Å². The van der Waals surface area contributed by atoms with E-state index in [1.165, 1.54) is 0 Å². The number of halogens is 1. The Labute approximate surface area is 177 Å². The number of ether oxygens (including phenoxy) is 3. The molecule has 4 rings (SSSR count). The number of nitrogens with two attached hydrogens (primary N) is 1. The summed E-state index contributed by atoms with van der Waals surface area (Å²) in [7, 11) is 1.63. The lowest BCUT2D eigenvalue weighted by Gasteiger charge is -2.30. The molecule has 0 aliphatic carbocycles. The minimum Gasteiger partial charge on any atom is -0.496 e. The fourth-order valence-electron chi connectivity index (χ4n) is 3.72. The van der Waals surface area contributed by atoms with Gasteiger partial charge < -0.3 is 19.9 Å². The molecule has 0 radical (unpaired) electrons. The van der Waals surface area contributed by atoms with Crippen molar-refractivity contribution in [3.05, 3.63) is 81.7 Å². The minimum absolute atomic E-state index is 0.0548. The summed E-state index contributed by atoms with van der Waals surface area (Å²) in [5.74, 6) is 0.452. The van der Waals surface area contributed by atoms with Gasteiger partial charge in [-0.05, 0) is 30.7 Å². The molecule has 29 heavy (non-hydrogen) atoms. The van der Waals surface area contributed by atoms with Gasteiger partial charge in [0.15, 0.2) is 0 Å². The molecule has 1 heterocycles. The summed E-state index contributed by atoms with van der Waals surface area (Å²) in [6.45, 7) is 2.01. The first kappa shape index (κ1) is 19.3. The quantitative estimate of drug-likeness (QED) is 0.570. The number of fused-ring (bicyclic) bond motifs is 3. The molecular formula is C23H20BrNO4. The maximum absolute atomic E-state index is 12.8. The number of rotatable bonds is 4. The van der Waals surface area contributed by atoms with Gasteiger partial charge in [0.2, 0.25) is 5.88 Å². The van der Waals surface area contributed by atoms with Crippen LogP contribution < -0.4 is 15.2 Å². The second-order valence-corrected chi connectivity index (χ2v) is 7.54. The van der Waals surface area contributed by atoms with Crippen molar-refractivity contribution >= 4 is 32.7 Å². The number of hydrogen-bond donors (Lipinski definition) is 1. The SMILES string of the molecule is CCOC(=O)C1=C(N)Oc2c(cc(OC)c3ccccc23)[C@H]1c1ccc(Br)cc1. The summed E-state index contributed by atoms with van der Waals surface area (Å²) < 4.78 is 17.9. The third-order valence-corrected chi connectivity index (χ3v) is 5.51. The first-order chi connectivity index (χ1) is 14.0. The minimum atomic E-state index is -0.490. The summed E-state index contributed by atoms with van der Waals surface area (Å²) >= 11 is 3.46. The van der Waals surface area contributed by atoms with E-state index in [0.29, 0.717) is 17.1 Å². The molecule has 148 valence electrons. The van der Waals surface area contributed by atoms with Crippen molar-refractivity contribution in [2.45, 2.75) is 12.8 Å². The van der Waals surface area contributed by atoms with Gasteiger partial charge in [0.25, 0.3) is 0 Å². The van der Waals surface area contributed by atoms with Gasteiger partial charge in [-0.25, -0.2) is 4.79 Å². The van der Waals surface area contributed by atoms with Crippen LogP contribution in [-0.4, -0.2) is 19.7 Å². The van der Waals surface area contributed by atoms with Gasteiger partial charge in [-0.15, -0.1) is 0 Å². The Morgan fingerprint density at radius 3 is 2.48 bits per heavy atom. The van der Waals surface area contributed by atoms with Crippen LogP contribution >= 0.6 is 15.9 Å². The monoisotopic (exact) mass is 453 g/mol. The first-order valence-electron chi connectivity index (χ1n) is 9.24. The van der Waals surface area contributed by atoms with Gasteiger partial charge in [-0.1, -0.05) is 52.3 Å². The molecule has 0 unspecified atom stereocenters. The van der Waals surface area contributed by atoms with E-state index < -0.39 is 11.9 Å². The van der Waals surface area contributed by atoms with Crippen molar-refractivity contribution in [1.82, 2.24) is 0 Å². The van der Waals surface area contributed by atoms with Gasteiger partial charge in [0.1, 0.15) is 17.1 Å². The molecule has 3 aromatic rings. The van der Waals surface area contributed by atoms with E-state index >= 15 is 0 Å². The summed E-state index contributed by atoms with van der Waals surface area (Å²) in [5.41, 5.74) is 8.26. The van der Waals surface area contributed by atoms with Crippen LogP contribution in [0.15, 0.2) is 70.5 Å². The summed E-state index contributed by atoms with van der Waals surface area (Å²) in [4.78, 5) is 12.8. The second-order valence-electron chi connectivity index (χ2n) is 6.63. The van der Waals surface area contributed by atoms with Crippen LogP contribution in [0, 0.1) is 0 Å². The molecule has 0 amide bonds. The Morgan fingerprint density at radius 1 is 1.14 bits per heavy atom. The molecule has 0 bridgehead atoms. The van der Waals surface area contributed by atoms with E-state index in [-0.39, 0.29) is 12.5 Å². The molecule has 0 saturated heterocycles. The Balaban J connectivity index is 2.02. The van der Waals surface area contributed by atoms with Crippen molar-refractivity contribution in [3.8, 4) is 11.5 Å². The molecule has 1 aliphatic heterocycles. The topological polar surface area (TPSA) is 70.8 Å². The third kappa shape index (κ3) is 3.34. The van der Waals surface area contributed by atoms with E-state index in [2.05, 4.69) is 15.9 Å². The van der Waals surface area contributed by atoms with Crippen LogP contribution in [0.5, 0.6) is 11.5 Å². The predicted molar refractivity (Wildman–Crippen MR) is 115 cm³/mol. The zero-order valence-electron chi connectivity index (χ0n) is 16.1. The zero-order chi connectivity index (χ0) is 20.5. The molecule has 3 aromatic carbocycles. The van der Waals surface area contributed by atoms with Crippen LogP contribution in [0.25, 0.3) is 10.8 Å². The summed E-state index contributed by atoms with van der Waals surface area (Å²) in [5, 5.41) is 1.78. The highest BCUT2D eigenvalue weighted by Gasteiger charge is 2.37. The van der Waals surface area contributed by atoms with Gasteiger partial charge >= 0.3 is 5.97 Å². The molecule has 1 atom stereocenters. The Hall–Kier alpha value is -2.99. The van der Waals surface area contributed by atoms with Crippen molar-refractivity contribution in [3.63, 3.8) is 0 Å². The Morgan fingerprint density at radius 2 is 1.83 bits per heavy atom. The number of carbonyl (C=O) groups is 1. The highest BCUT2D eigenvalue weighted by molar-refractivity contribution is 9.10. The van der Waals surface area contributed by atoms with Gasteiger partial charge in [-0.2, -0.15) is 0 Å². The lowest BCUT2D eigenvalue weighted by atomic mass is 9.81. The molecule has 6 heteroatoms. The fourth-order valence-corrected chi connectivity index (χ4v) is 3.99. The average Bonchev–Trinajstić information content (AvgIpc) is 2.73. The molecule has 1 aliphatic rings. The van der Waals surface area contributed by atoms with Crippen LogP contribution in [0.4, 0.5) is 0 Å². The highest BCUT2D eigenvalue weighted by atomic mass is 79.9. The Bertz CT molecular complexity index is 1120. The van der Waals surface area contributed by atoms with Gasteiger partial charge in [0.05, 0.1) is 19.6 Å². The van der Waals surface area contributed by atoms with E-state index in [1.807, 2.05) is 54.6 Å². The van der Waals surface area contributed by atoms with Crippen LogP contribution in [-0.2, 0) is 9.53 Å². The smallest absolute Gasteiger partial charge is 0.340 e. The van der Waals surface area contributed by atoms with Gasteiger partial charge in [-0.3, -0.25) is 0 Å². The molecule has 0 spiro atoms. The highest BCUT2D eigenvalue weighted by Crippen LogP contribution is 2.48. The number of methoxy groups -OCH3 is 1.